The summed E-state index contributed by atoms with van der Waals surface area (Å²) < 4.78 is 1.13. The number of hydrogen-bond acceptors (Lipinski definition) is 2. The van der Waals surface area contributed by atoms with Crippen molar-refractivity contribution in [2.24, 2.45) is 0 Å². The number of nitrogen functional groups attached to an aromatic ring is 2. The van der Waals surface area contributed by atoms with E-state index in [0.29, 0.717) is 0 Å². The van der Waals surface area contributed by atoms with Gasteiger partial charge in [0.2, 0.25) is 0 Å². The van der Waals surface area contributed by atoms with Crippen LogP contribution in [0.4, 0.5) is 11.4 Å². The van der Waals surface area contributed by atoms with Gasteiger partial charge in [0.1, 0.15) is 0 Å². The Morgan fingerprint density at radius 2 is 1.88 bits per heavy atom. The molecule has 1 aliphatic rings. The molecule has 3 nitrogen and oxygen atoms in total. The van der Waals surface area contributed by atoms with E-state index in [1.165, 1.54) is 12.1 Å². The molecule has 2 rings (SSSR count). The van der Waals surface area contributed by atoms with E-state index in [0.717, 1.165) is 41.8 Å². The zero-order valence-electron chi connectivity index (χ0n) is 10.5. The number of hydrogen-bond donors (Lipinski definition) is 2. The van der Waals surface area contributed by atoms with E-state index in [1.807, 2.05) is 18.2 Å². The first kappa shape index (κ1) is 12.0. The Kier molecular flexibility index (Phi) is 3.38. The zero-order valence-corrected chi connectivity index (χ0v) is 10.5. The van der Waals surface area contributed by atoms with Gasteiger partial charge in [-0.3, -0.25) is 0 Å². The van der Waals surface area contributed by atoms with Gasteiger partial charge < -0.3 is 16.0 Å². The molecule has 17 heavy (non-hydrogen) atoms. The molecule has 3 heteroatoms. The summed E-state index contributed by atoms with van der Waals surface area (Å²) in [4.78, 5) is 0. The monoisotopic (exact) mass is 232 g/mol. The minimum absolute atomic E-state index is 0.803. The van der Waals surface area contributed by atoms with Gasteiger partial charge in [-0.05, 0) is 42.3 Å². The molecule has 0 aromatic heterocycles. The van der Waals surface area contributed by atoms with E-state index in [4.69, 9.17) is 11.5 Å². The minimum Gasteiger partial charge on any atom is -0.399 e. The molecule has 1 aromatic carbocycles. The molecule has 0 fully saturated rings. The van der Waals surface area contributed by atoms with Gasteiger partial charge in [0.25, 0.3) is 0 Å². The van der Waals surface area contributed by atoms with Gasteiger partial charge in [-0.2, -0.15) is 0 Å². The minimum atomic E-state index is 0.803. The van der Waals surface area contributed by atoms with Crippen molar-refractivity contribution < 1.29 is 4.48 Å². The normalized spacial score (nSPS) is 17.5. The molecule has 0 unspecified atom stereocenters. The first-order valence-electron chi connectivity index (χ1n) is 6.21. The summed E-state index contributed by atoms with van der Waals surface area (Å²) in [6.07, 6.45) is 6.72. The van der Waals surface area contributed by atoms with Crippen LogP contribution in [0.1, 0.15) is 12.0 Å². The van der Waals surface area contributed by atoms with E-state index in [-0.39, 0.29) is 0 Å². The van der Waals surface area contributed by atoms with Gasteiger partial charge >= 0.3 is 0 Å². The third-order valence-corrected chi connectivity index (χ3v) is 3.57. The average Bonchev–Trinajstić information content (AvgIpc) is 2.71. The van der Waals surface area contributed by atoms with Gasteiger partial charge in [0, 0.05) is 17.8 Å². The van der Waals surface area contributed by atoms with Gasteiger partial charge in [0.15, 0.2) is 0 Å². The van der Waals surface area contributed by atoms with Crippen molar-refractivity contribution in [3.8, 4) is 0 Å². The highest BCUT2D eigenvalue weighted by molar-refractivity contribution is 5.55. The second kappa shape index (κ2) is 4.80. The molecular weight excluding hydrogens is 210 g/mol. The Bertz CT molecular complexity index is 415. The highest BCUT2D eigenvalue weighted by Crippen LogP contribution is 2.19. The molecule has 1 aliphatic heterocycles. The summed E-state index contributed by atoms with van der Waals surface area (Å²) in [5.41, 5.74) is 14.6. The Balaban J connectivity index is 1.87. The third-order valence-electron chi connectivity index (χ3n) is 3.57. The predicted octanol–water partition coefficient (Wildman–Crippen LogP) is 1.80. The number of nitrogens with two attached hydrogens (primary N) is 2. The van der Waals surface area contributed by atoms with Gasteiger partial charge in [-0.1, -0.05) is 0 Å². The SMILES string of the molecule is C[N+]1(CCCc2cc(N)ccc2N)CC=CC1. The molecule has 1 heterocycles. The van der Waals surface area contributed by atoms with Crippen LogP contribution in [-0.4, -0.2) is 31.2 Å². The molecule has 0 radical (unpaired) electrons. The van der Waals surface area contributed by atoms with Crippen LogP contribution in [0.2, 0.25) is 0 Å². The van der Waals surface area contributed by atoms with Crippen molar-refractivity contribution in [1.82, 2.24) is 0 Å². The Labute approximate surface area is 103 Å². The van der Waals surface area contributed by atoms with Gasteiger partial charge in [-0.25, -0.2) is 0 Å². The summed E-state index contributed by atoms with van der Waals surface area (Å²) >= 11 is 0. The van der Waals surface area contributed by atoms with Crippen molar-refractivity contribution in [3.63, 3.8) is 0 Å². The molecule has 0 atom stereocenters. The summed E-state index contributed by atoms with van der Waals surface area (Å²) in [6.45, 7) is 3.51. The van der Waals surface area contributed by atoms with Crippen LogP contribution < -0.4 is 11.5 Å². The van der Waals surface area contributed by atoms with Crippen molar-refractivity contribution in [2.45, 2.75) is 12.8 Å². The fourth-order valence-electron chi connectivity index (χ4n) is 2.41. The lowest BCUT2D eigenvalue weighted by molar-refractivity contribution is -0.893. The maximum atomic E-state index is 5.94. The Morgan fingerprint density at radius 1 is 1.18 bits per heavy atom. The highest BCUT2D eigenvalue weighted by atomic mass is 15.3. The predicted molar refractivity (Wildman–Crippen MR) is 73.5 cm³/mol. The van der Waals surface area contributed by atoms with E-state index in [1.54, 1.807) is 0 Å². The second-order valence-corrected chi connectivity index (χ2v) is 5.24. The van der Waals surface area contributed by atoms with E-state index >= 15 is 0 Å². The lowest BCUT2D eigenvalue weighted by Gasteiger charge is -2.29. The fraction of sp³-hybridized carbons (Fsp3) is 0.429. The van der Waals surface area contributed by atoms with Crippen LogP contribution >= 0.6 is 0 Å². The first-order chi connectivity index (χ1) is 8.09. The lowest BCUT2D eigenvalue weighted by Crippen LogP contribution is -2.42. The summed E-state index contributed by atoms with van der Waals surface area (Å²) in [7, 11) is 2.31. The van der Waals surface area contributed by atoms with Crippen molar-refractivity contribution in [3.05, 3.63) is 35.9 Å². The molecule has 1 aromatic rings. The maximum Gasteiger partial charge on any atom is 0.0976 e. The molecule has 0 amide bonds. The van der Waals surface area contributed by atoms with Gasteiger partial charge in [0.05, 0.1) is 26.7 Å². The molecule has 0 spiro atoms. The van der Waals surface area contributed by atoms with Crippen LogP contribution in [0.3, 0.4) is 0 Å². The largest absolute Gasteiger partial charge is 0.399 e. The van der Waals surface area contributed by atoms with Crippen LogP contribution in [0, 0.1) is 0 Å². The highest BCUT2D eigenvalue weighted by Gasteiger charge is 2.21. The number of anilines is 2. The summed E-state index contributed by atoms with van der Waals surface area (Å²) in [5, 5.41) is 0. The van der Waals surface area contributed by atoms with E-state index < -0.39 is 0 Å². The van der Waals surface area contributed by atoms with Crippen molar-refractivity contribution in [2.75, 3.05) is 38.1 Å². The standard InChI is InChI=1S/C14H22N3/c1-17(8-2-3-9-17)10-4-5-12-11-13(15)6-7-14(12)16/h2-3,6-7,11H,4-5,8-10,15-16H2,1H3/q+1. The molecule has 0 bridgehead atoms. The number of benzene rings is 1. The number of aryl methyl sites for hydroxylation is 1. The summed E-state index contributed by atoms with van der Waals surface area (Å²) in [5.74, 6) is 0. The van der Waals surface area contributed by atoms with E-state index in [2.05, 4.69) is 19.2 Å². The maximum absolute atomic E-state index is 5.94. The molecule has 0 saturated carbocycles. The molecule has 4 N–H and O–H groups in total. The smallest absolute Gasteiger partial charge is 0.0976 e. The van der Waals surface area contributed by atoms with Crippen LogP contribution in [0.15, 0.2) is 30.4 Å². The lowest BCUT2D eigenvalue weighted by atomic mass is 10.1. The van der Waals surface area contributed by atoms with Crippen LogP contribution in [0.5, 0.6) is 0 Å². The first-order valence-corrected chi connectivity index (χ1v) is 6.21. The van der Waals surface area contributed by atoms with Crippen LogP contribution in [-0.2, 0) is 6.42 Å². The van der Waals surface area contributed by atoms with E-state index in [9.17, 15) is 0 Å². The summed E-state index contributed by atoms with van der Waals surface area (Å²) in [6, 6.07) is 5.76. The molecule has 92 valence electrons. The Hall–Kier alpha value is -1.48. The van der Waals surface area contributed by atoms with Crippen molar-refractivity contribution in [1.29, 1.82) is 0 Å². The average molecular weight is 232 g/mol. The fourth-order valence-corrected chi connectivity index (χ4v) is 2.41. The topological polar surface area (TPSA) is 52.0 Å². The van der Waals surface area contributed by atoms with Crippen molar-refractivity contribution >= 4 is 11.4 Å². The number of likely N-dealkylation sites (N-methyl/N-ethyl adjacent to an activating group) is 1. The quantitative estimate of drug-likeness (QED) is 0.472. The molecule has 0 saturated heterocycles. The number of rotatable bonds is 4. The number of quaternary nitrogens is 1. The third kappa shape index (κ3) is 3.01. The van der Waals surface area contributed by atoms with Crippen LogP contribution in [0.25, 0.3) is 0 Å². The Morgan fingerprint density at radius 3 is 2.59 bits per heavy atom. The zero-order chi connectivity index (χ0) is 12.3. The second-order valence-electron chi connectivity index (χ2n) is 5.24. The molecule has 0 aliphatic carbocycles. The number of nitrogens with zero attached hydrogens (tertiary/aromatic N) is 1. The molecular formula is C14H22N3+. The van der Waals surface area contributed by atoms with Gasteiger partial charge in [-0.15, -0.1) is 0 Å².